The molecule has 0 saturated carbocycles. The van der Waals surface area contributed by atoms with Crippen molar-refractivity contribution in [1.82, 2.24) is 4.98 Å². The highest BCUT2D eigenvalue weighted by atomic mass is 15.1. The number of benzene rings is 2. The third-order valence-electron chi connectivity index (χ3n) is 5.20. The molecule has 2 aromatic carbocycles. The summed E-state index contributed by atoms with van der Waals surface area (Å²) < 4.78 is 0. The quantitative estimate of drug-likeness (QED) is 0.565. The van der Waals surface area contributed by atoms with Crippen LogP contribution in [0.3, 0.4) is 0 Å². The minimum atomic E-state index is 0.699. The van der Waals surface area contributed by atoms with Crippen molar-refractivity contribution in [2.24, 2.45) is 5.73 Å². The molecule has 0 aliphatic rings. The Bertz CT molecular complexity index is 927. The van der Waals surface area contributed by atoms with Crippen molar-refractivity contribution >= 4 is 16.6 Å². The summed E-state index contributed by atoms with van der Waals surface area (Å²) in [4.78, 5) is 5.92. The largest absolute Gasteiger partial charge is 0.372 e. The summed E-state index contributed by atoms with van der Waals surface area (Å²) in [6, 6.07) is 16.9. The van der Waals surface area contributed by atoms with Crippen LogP contribution < -0.4 is 10.6 Å². The Kier molecular flexibility index (Phi) is 6.16. The van der Waals surface area contributed by atoms with Crippen molar-refractivity contribution in [3.8, 4) is 17.3 Å². The summed E-state index contributed by atoms with van der Waals surface area (Å²) >= 11 is 0. The number of aryl methyl sites for hydroxylation is 1. The van der Waals surface area contributed by atoms with Crippen molar-refractivity contribution in [2.75, 3.05) is 24.5 Å². The molecule has 27 heavy (non-hydrogen) atoms. The first-order valence-electron chi connectivity index (χ1n) is 9.82. The lowest BCUT2D eigenvalue weighted by Gasteiger charge is -2.21. The van der Waals surface area contributed by atoms with Crippen molar-refractivity contribution in [3.63, 3.8) is 0 Å². The number of nitrogens with one attached hydrogen (secondary N) is 1. The molecule has 140 valence electrons. The second-order valence-electron chi connectivity index (χ2n) is 6.82. The standard InChI is InChI=1S/C23H28N4/c1-3-27(4-2)19-11-9-18(10-12-19)23-20(7-5-6-14-24)21-15-17(16-25)8-13-22(21)26-23/h8-13,15,26H,3-7,14,24H2,1-2H3. The van der Waals surface area contributed by atoms with Crippen LogP contribution in [0, 0.1) is 11.3 Å². The maximum Gasteiger partial charge on any atom is 0.0991 e. The molecule has 0 unspecified atom stereocenters. The minimum Gasteiger partial charge on any atom is -0.372 e. The van der Waals surface area contributed by atoms with E-state index in [1.54, 1.807) is 0 Å². The van der Waals surface area contributed by atoms with Crippen LogP contribution in [0.1, 0.15) is 37.8 Å². The number of aromatic nitrogens is 1. The van der Waals surface area contributed by atoms with E-state index in [0.29, 0.717) is 12.1 Å². The van der Waals surface area contributed by atoms with Crippen molar-refractivity contribution < 1.29 is 0 Å². The van der Waals surface area contributed by atoms with Gasteiger partial charge in [-0.3, -0.25) is 0 Å². The smallest absolute Gasteiger partial charge is 0.0991 e. The lowest BCUT2D eigenvalue weighted by molar-refractivity contribution is 0.748. The third-order valence-corrected chi connectivity index (χ3v) is 5.20. The molecule has 0 fully saturated rings. The van der Waals surface area contributed by atoms with Gasteiger partial charge in [0.25, 0.3) is 0 Å². The van der Waals surface area contributed by atoms with Gasteiger partial charge in [-0.2, -0.15) is 5.26 Å². The number of nitrogens with two attached hydrogens (primary N) is 1. The van der Waals surface area contributed by atoms with Crippen LogP contribution in [-0.4, -0.2) is 24.6 Å². The van der Waals surface area contributed by atoms with Crippen LogP contribution in [0.25, 0.3) is 22.2 Å². The SMILES string of the molecule is CCN(CC)c1ccc(-c2[nH]c3ccc(C#N)cc3c2CCCCN)cc1. The van der Waals surface area contributed by atoms with E-state index in [1.165, 1.54) is 16.8 Å². The van der Waals surface area contributed by atoms with Gasteiger partial charge in [0.1, 0.15) is 0 Å². The average molecular weight is 361 g/mol. The normalized spacial score (nSPS) is 10.9. The lowest BCUT2D eigenvalue weighted by atomic mass is 9.99. The van der Waals surface area contributed by atoms with Gasteiger partial charge in [0.05, 0.1) is 11.6 Å². The molecular formula is C23H28N4. The van der Waals surface area contributed by atoms with Crippen LogP contribution in [0.5, 0.6) is 0 Å². The highest BCUT2D eigenvalue weighted by Gasteiger charge is 2.14. The molecule has 0 aliphatic carbocycles. The molecule has 4 heteroatoms. The van der Waals surface area contributed by atoms with Crippen LogP contribution in [0.15, 0.2) is 42.5 Å². The molecular weight excluding hydrogens is 332 g/mol. The van der Waals surface area contributed by atoms with Gasteiger partial charge in [-0.1, -0.05) is 12.1 Å². The first-order valence-corrected chi connectivity index (χ1v) is 9.82. The topological polar surface area (TPSA) is 68.8 Å². The number of anilines is 1. The number of fused-ring (bicyclic) bond motifs is 1. The van der Waals surface area contributed by atoms with Gasteiger partial charge in [-0.15, -0.1) is 0 Å². The Morgan fingerprint density at radius 3 is 2.41 bits per heavy atom. The first kappa shape index (κ1) is 19.0. The fourth-order valence-electron chi connectivity index (χ4n) is 3.70. The molecule has 3 rings (SSSR count). The van der Waals surface area contributed by atoms with Gasteiger partial charge >= 0.3 is 0 Å². The molecule has 0 radical (unpaired) electrons. The average Bonchev–Trinajstić information content (AvgIpc) is 3.07. The Balaban J connectivity index is 2.04. The van der Waals surface area contributed by atoms with E-state index in [2.05, 4.69) is 54.1 Å². The van der Waals surface area contributed by atoms with E-state index in [0.717, 1.165) is 48.9 Å². The van der Waals surface area contributed by atoms with E-state index >= 15 is 0 Å². The lowest BCUT2D eigenvalue weighted by Crippen LogP contribution is -2.21. The van der Waals surface area contributed by atoms with Gasteiger partial charge in [-0.05, 0) is 81.1 Å². The molecule has 3 N–H and O–H groups in total. The van der Waals surface area contributed by atoms with Crippen molar-refractivity contribution in [1.29, 1.82) is 5.26 Å². The van der Waals surface area contributed by atoms with Gasteiger partial charge in [-0.25, -0.2) is 0 Å². The fourth-order valence-corrected chi connectivity index (χ4v) is 3.70. The third kappa shape index (κ3) is 3.99. The van der Waals surface area contributed by atoms with E-state index in [-0.39, 0.29) is 0 Å². The number of unbranched alkanes of at least 4 members (excludes halogenated alkanes) is 1. The summed E-state index contributed by atoms with van der Waals surface area (Å²) in [6.07, 6.45) is 3.01. The van der Waals surface area contributed by atoms with Crippen LogP contribution in [0.4, 0.5) is 5.69 Å². The number of nitriles is 1. The summed E-state index contributed by atoms with van der Waals surface area (Å²) in [5, 5.41) is 10.4. The highest BCUT2D eigenvalue weighted by molar-refractivity contribution is 5.91. The van der Waals surface area contributed by atoms with E-state index in [1.807, 2.05) is 18.2 Å². The number of H-pyrrole nitrogens is 1. The summed E-state index contributed by atoms with van der Waals surface area (Å²) in [7, 11) is 0. The second-order valence-corrected chi connectivity index (χ2v) is 6.82. The number of aromatic amines is 1. The van der Waals surface area contributed by atoms with Crippen LogP contribution >= 0.6 is 0 Å². The summed E-state index contributed by atoms with van der Waals surface area (Å²) in [5.74, 6) is 0. The Morgan fingerprint density at radius 1 is 1.04 bits per heavy atom. The fraction of sp³-hybridized carbons (Fsp3) is 0.348. The number of hydrogen-bond donors (Lipinski definition) is 2. The van der Waals surface area contributed by atoms with Crippen LogP contribution in [0.2, 0.25) is 0 Å². The molecule has 1 aromatic heterocycles. The van der Waals surface area contributed by atoms with Gasteiger partial charge in [0.15, 0.2) is 0 Å². The predicted octanol–water partition coefficient (Wildman–Crippen LogP) is 4.83. The molecule has 0 aliphatic heterocycles. The van der Waals surface area contributed by atoms with Crippen molar-refractivity contribution in [2.45, 2.75) is 33.1 Å². The van der Waals surface area contributed by atoms with E-state index in [4.69, 9.17) is 5.73 Å². The Hall–Kier alpha value is -2.77. The predicted molar refractivity (Wildman–Crippen MR) is 114 cm³/mol. The highest BCUT2D eigenvalue weighted by Crippen LogP contribution is 2.33. The maximum absolute atomic E-state index is 9.27. The molecule has 0 amide bonds. The number of nitrogens with zero attached hydrogens (tertiary/aromatic N) is 2. The van der Waals surface area contributed by atoms with Gasteiger partial charge in [0, 0.05) is 35.4 Å². The Morgan fingerprint density at radius 2 is 1.78 bits per heavy atom. The molecule has 0 atom stereocenters. The summed E-state index contributed by atoms with van der Waals surface area (Å²) in [6.45, 7) is 7.07. The minimum absolute atomic E-state index is 0.699. The van der Waals surface area contributed by atoms with Crippen molar-refractivity contribution in [3.05, 3.63) is 53.6 Å². The molecule has 1 heterocycles. The molecule has 0 saturated heterocycles. The number of rotatable bonds is 8. The monoisotopic (exact) mass is 360 g/mol. The van der Waals surface area contributed by atoms with Gasteiger partial charge < -0.3 is 15.6 Å². The van der Waals surface area contributed by atoms with E-state index in [9.17, 15) is 5.26 Å². The zero-order chi connectivity index (χ0) is 19.2. The van der Waals surface area contributed by atoms with Gasteiger partial charge in [0.2, 0.25) is 0 Å². The van der Waals surface area contributed by atoms with E-state index < -0.39 is 0 Å². The maximum atomic E-state index is 9.27. The number of hydrogen-bond acceptors (Lipinski definition) is 3. The van der Waals surface area contributed by atoms with Crippen LogP contribution in [-0.2, 0) is 6.42 Å². The first-order chi connectivity index (χ1) is 13.2. The molecule has 3 aromatic rings. The second kappa shape index (κ2) is 8.75. The zero-order valence-corrected chi connectivity index (χ0v) is 16.3. The Labute approximate surface area is 161 Å². The zero-order valence-electron chi connectivity index (χ0n) is 16.3. The summed E-state index contributed by atoms with van der Waals surface area (Å²) in [5.41, 5.74) is 12.3. The molecule has 0 bridgehead atoms. The molecule has 0 spiro atoms. The molecule has 4 nitrogen and oxygen atoms in total.